The van der Waals surface area contributed by atoms with Gasteiger partial charge in [0.25, 0.3) is 5.56 Å². The SMILES string of the molecule is Cc1[nH]nc2c1c(=O)n(CCCN)c1cc3c(cc21)CNCC3. The summed E-state index contributed by atoms with van der Waals surface area (Å²) in [6.07, 6.45) is 1.78. The molecule has 120 valence electrons. The van der Waals surface area contributed by atoms with Gasteiger partial charge in [-0.15, -0.1) is 0 Å². The summed E-state index contributed by atoms with van der Waals surface area (Å²) in [4.78, 5) is 12.9. The van der Waals surface area contributed by atoms with E-state index in [1.807, 2.05) is 11.5 Å². The minimum atomic E-state index is 0.0288. The van der Waals surface area contributed by atoms with Crippen molar-refractivity contribution in [2.75, 3.05) is 13.1 Å². The number of hydrogen-bond donors (Lipinski definition) is 3. The first-order chi connectivity index (χ1) is 11.2. The zero-order valence-electron chi connectivity index (χ0n) is 13.3. The molecule has 3 aromatic rings. The van der Waals surface area contributed by atoms with Crippen molar-refractivity contribution in [3.63, 3.8) is 0 Å². The molecule has 1 aliphatic rings. The number of H-pyrrole nitrogens is 1. The van der Waals surface area contributed by atoms with Crippen LogP contribution in [0.25, 0.3) is 21.8 Å². The highest BCUT2D eigenvalue weighted by Gasteiger charge is 2.18. The highest BCUT2D eigenvalue weighted by molar-refractivity contribution is 6.04. The fourth-order valence-electron chi connectivity index (χ4n) is 3.53. The molecule has 0 bridgehead atoms. The Labute approximate surface area is 133 Å². The van der Waals surface area contributed by atoms with E-state index in [2.05, 4.69) is 27.6 Å². The third-order valence-corrected chi connectivity index (χ3v) is 4.74. The van der Waals surface area contributed by atoms with Gasteiger partial charge < -0.3 is 15.6 Å². The number of aromatic nitrogens is 3. The summed E-state index contributed by atoms with van der Waals surface area (Å²) in [7, 11) is 0. The molecule has 1 aliphatic heterocycles. The predicted octanol–water partition coefficient (Wildman–Crippen LogP) is 1.18. The summed E-state index contributed by atoms with van der Waals surface area (Å²) in [5.74, 6) is 0. The lowest BCUT2D eigenvalue weighted by molar-refractivity contribution is 0.639. The van der Waals surface area contributed by atoms with Crippen LogP contribution in [0, 0.1) is 6.92 Å². The van der Waals surface area contributed by atoms with Crippen molar-refractivity contribution in [2.45, 2.75) is 32.9 Å². The van der Waals surface area contributed by atoms with Crippen LogP contribution in [0.5, 0.6) is 0 Å². The molecule has 0 amide bonds. The van der Waals surface area contributed by atoms with E-state index in [1.54, 1.807) is 0 Å². The van der Waals surface area contributed by atoms with E-state index in [9.17, 15) is 4.79 Å². The molecular formula is C17H21N5O. The normalized spacial score (nSPS) is 14.5. The fraction of sp³-hybridized carbons (Fsp3) is 0.412. The first-order valence-electron chi connectivity index (χ1n) is 8.14. The van der Waals surface area contributed by atoms with Gasteiger partial charge in [-0.25, -0.2) is 0 Å². The topological polar surface area (TPSA) is 88.7 Å². The molecule has 0 aliphatic carbocycles. The van der Waals surface area contributed by atoms with E-state index >= 15 is 0 Å². The molecule has 0 saturated heterocycles. The average molecular weight is 311 g/mol. The summed E-state index contributed by atoms with van der Waals surface area (Å²) >= 11 is 0. The number of aromatic amines is 1. The maximum Gasteiger partial charge on any atom is 0.262 e. The van der Waals surface area contributed by atoms with E-state index in [0.29, 0.717) is 18.5 Å². The quantitative estimate of drug-likeness (QED) is 0.678. The Morgan fingerprint density at radius 3 is 3.04 bits per heavy atom. The summed E-state index contributed by atoms with van der Waals surface area (Å²) in [5, 5.41) is 12.5. The van der Waals surface area contributed by atoms with Crippen LogP contribution in [0.15, 0.2) is 16.9 Å². The second kappa shape index (κ2) is 5.47. The van der Waals surface area contributed by atoms with Crippen LogP contribution in [0.3, 0.4) is 0 Å². The van der Waals surface area contributed by atoms with Crippen LogP contribution in [-0.4, -0.2) is 27.9 Å². The minimum Gasteiger partial charge on any atom is -0.330 e. The molecule has 0 spiro atoms. The number of hydrogen-bond acceptors (Lipinski definition) is 4. The Morgan fingerprint density at radius 2 is 2.22 bits per heavy atom. The van der Waals surface area contributed by atoms with E-state index in [0.717, 1.165) is 48.0 Å². The Balaban J connectivity index is 2.11. The van der Waals surface area contributed by atoms with Gasteiger partial charge in [-0.3, -0.25) is 9.89 Å². The number of nitrogens with two attached hydrogens (primary N) is 1. The van der Waals surface area contributed by atoms with Crippen molar-refractivity contribution in [3.05, 3.63) is 39.3 Å². The van der Waals surface area contributed by atoms with Crippen molar-refractivity contribution >= 4 is 21.8 Å². The van der Waals surface area contributed by atoms with Crippen molar-refractivity contribution in [3.8, 4) is 0 Å². The first kappa shape index (κ1) is 14.4. The van der Waals surface area contributed by atoms with Crippen LogP contribution < -0.4 is 16.6 Å². The molecule has 6 heteroatoms. The third-order valence-electron chi connectivity index (χ3n) is 4.74. The summed E-state index contributed by atoms with van der Waals surface area (Å²) in [5.41, 5.74) is 10.9. The van der Waals surface area contributed by atoms with E-state index in [-0.39, 0.29) is 5.56 Å². The third kappa shape index (κ3) is 2.17. The standard InChI is InChI=1S/C17H21N5O/c1-10-15-16(21-20-10)13-7-12-9-19-5-3-11(12)8-14(13)22(17(15)23)6-2-4-18/h7-8,19H,2-6,9,18H2,1H3,(H,20,21). The van der Waals surface area contributed by atoms with Gasteiger partial charge in [0, 0.05) is 24.2 Å². The van der Waals surface area contributed by atoms with Gasteiger partial charge in [0.15, 0.2) is 0 Å². The number of rotatable bonds is 3. The Hall–Kier alpha value is -2.18. The molecule has 0 fully saturated rings. The highest BCUT2D eigenvalue weighted by Crippen LogP contribution is 2.27. The highest BCUT2D eigenvalue weighted by atomic mass is 16.1. The lowest BCUT2D eigenvalue weighted by Crippen LogP contribution is -2.25. The molecule has 3 heterocycles. The lowest BCUT2D eigenvalue weighted by Gasteiger charge is -2.19. The Bertz CT molecular complexity index is 953. The molecule has 4 rings (SSSR count). The molecule has 23 heavy (non-hydrogen) atoms. The Morgan fingerprint density at radius 1 is 1.35 bits per heavy atom. The smallest absolute Gasteiger partial charge is 0.262 e. The lowest BCUT2D eigenvalue weighted by atomic mass is 9.97. The number of benzene rings is 1. The van der Waals surface area contributed by atoms with Gasteiger partial charge in [-0.2, -0.15) is 5.10 Å². The molecule has 0 atom stereocenters. The van der Waals surface area contributed by atoms with Crippen LogP contribution in [0.2, 0.25) is 0 Å². The second-order valence-corrected chi connectivity index (χ2v) is 6.24. The van der Waals surface area contributed by atoms with Crippen molar-refractivity contribution in [2.24, 2.45) is 5.73 Å². The van der Waals surface area contributed by atoms with E-state index < -0.39 is 0 Å². The van der Waals surface area contributed by atoms with Gasteiger partial charge in [-0.1, -0.05) is 0 Å². The first-order valence-corrected chi connectivity index (χ1v) is 8.14. The molecule has 0 radical (unpaired) electrons. The molecule has 0 unspecified atom stereocenters. The van der Waals surface area contributed by atoms with Gasteiger partial charge >= 0.3 is 0 Å². The van der Waals surface area contributed by atoms with Gasteiger partial charge in [0.05, 0.1) is 10.9 Å². The van der Waals surface area contributed by atoms with Gasteiger partial charge in [-0.05, 0) is 56.1 Å². The molecule has 0 saturated carbocycles. The molecular weight excluding hydrogens is 290 g/mol. The van der Waals surface area contributed by atoms with Crippen LogP contribution >= 0.6 is 0 Å². The van der Waals surface area contributed by atoms with Crippen LogP contribution in [0.4, 0.5) is 0 Å². The maximum absolute atomic E-state index is 12.9. The predicted molar refractivity (Wildman–Crippen MR) is 91.7 cm³/mol. The van der Waals surface area contributed by atoms with E-state index in [4.69, 9.17) is 5.73 Å². The van der Waals surface area contributed by atoms with Crippen molar-refractivity contribution in [1.29, 1.82) is 0 Å². The average Bonchev–Trinajstić information content (AvgIpc) is 2.95. The molecule has 4 N–H and O–H groups in total. The Kier molecular flexibility index (Phi) is 3.43. The maximum atomic E-state index is 12.9. The number of nitrogens with one attached hydrogen (secondary N) is 2. The van der Waals surface area contributed by atoms with Gasteiger partial charge in [0.2, 0.25) is 0 Å². The summed E-state index contributed by atoms with van der Waals surface area (Å²) in [6, 6.07) is 4.37. The number of aryl methyl sites for hydroxylation is 2. The fourth-order valence-corrected chi connectivity index (χ4v) is 3.53. The molecule has 2 aromatic heterocycles. The second-order valence-electron chi connectivity index (χ2n) is 6.24. The van der Waals surface area contributed by atoms with E-state index in [1.165, 1.54) is 11.1 Å². The van der Waals surface area contributed by atoms with Gasteiger partial charge in [0.1, 0.15) is 5.52 Å². The van der Waals surface area contributed by atoms with Crippen LogP contribution in [-0.2, 0) is 19.5 Å². The molecule has 6 nitrogen and oxygen atoms in total. The zero-order valence-corrected chi connectivity index (χ0v) is 13.3. The number of fused-ring (bicyclic) bond motifs is 4. The number of nitrogens with zero attached hydrogens (tertiary/aromatic N) is 2. The molecule has 1 aromatic carbocycles. The summed E-state index contributed by atoms with van der Waals surface area (Å²) in [6.45, 7) is 4.97. The zero-order chi connectivity index (χ0) is 16.0. The van der Waals surface area contributed by atoms with Crippen molar-refractivity contribution < 1.29 is 0 Å². The largest absolute Gasteiger partial charge is 0.330 e. The van der Waals surface area contributed by atoms with Crippen molar-refractivity contribution in [1.82, 2.24) is 20.1 Å². The minimum absolute atomic E-state index is 0.0288. The monoisotopic (exact) mass is 311 g/mol. The number of pyridine rings is 1. The van der Waals surface area contributed by atoms with Crippen LogP contribution in [0.1, 0.15) is 23.2 Å². The summed E-state index contributed by atoms with van der Waals surface area (Å²) < 4.78 is 1.87.